The van der Waals surface area contributed by atoms with Gasteiger partial charge in [-0.3, -0.25) is 9.59 Å². The Morgan fingerprint density at radius 1 is 0.852 bits per heavy atom. The summed E-state index contributed by atoms with van der Waals surface area (Å²) in [6.45, 7) is 3.60. The molecule has 2 aliphatic rings. The zero-order valence-electron chi connectivity index (χ0n) is 15.3. The van der Waals surface area contributed by atoms with Crippen LogP contribution in [-0.2, 0) is 4.79 Å². The van der Waals surface area contributed by atoms with E-state index in [4.69, 9.17) is 11.6 Å². The van der Waals surface area contributed by atoms with Crippen LogP contribution in [0.25, 0.3) is 0 Å². The Labute approximate surface area is 164 Å². The van der Waals surface area contributed by atoms with E-state index in [0.29, 0.717) is 36.8 Å². The molecule has 146 valence electrons. The van der Waals surface area contributed by atoms with Gasteiger partial charge in [-0.2, -0.15) is 0 Å². The Morgan fingerprint density at radius 3 is 2.11 bits per heavy atom. The van der Waals surface area contributed by atoms with Crippen LogP contribution >= 0.6 is 11.6 Å². The van der Waals surface area contributed by atoms with E-state index < -0.39 is 0 Å². The number of nitrogens with zero attached hydrogens (tertiary/aromatic N) is 3. The SMILES string of the molecule is O=C(NCC(=O)N1CCN(C(=O)N2CCCCC2)CC1)c1ccccc1Cl. The van der Waals surface area contributed by atoms with Crippen molar-refractivity contribution in [2.75, 3.05) is 45.8 Å². The maximum absolute atomic E-state index is 12.5. The first kappa shape index (κ1) is 19.5. The number of nitrogens with one attached hydrogen (secondary N) is 1. The predicted molar refractivity (Wildman–Crippen MR) is 103 cm³/mol. The average Bonchev–Trinajstić information content (AvgIpc) is 2.72. The summed E-state index contributed by atoms with van der Waals surface area (Å²) in [7, 11) is 0. The lowest BCUT2D eigenvalue weighted by molar-refractivity contribution is -0.131. The Balaban J connectivity index is 1.44. The standard InChI is InChI=1S/C19H25ClN4O3/c20-16-7-3-2-6-15(16)18(26)21-14-17(25)22-10-12-24(13-11-22)19(27)23-8-4-1-5-9-23/h2-3,6-7H,1,4-5,8-14H2,(H,21,26). The van der Waals surface area contributed by atoms with E-state index in [1.165, 1.54) is 6.42 Å². The van der Waals surface area contributed by atoms with E-state index in [9.17, 15) is 14.4 Å². The molecule has 1 aromatic carbocycles. The van der Waals surface area contributed by atoms with Crippen molar-refractivity contribution in [1.29, 1.82) is 0 Å². The molecule has 8 heteroatoms. The first-order valence-corrected chi connectivity index (χ1v) is 9.78. The molecular weight excluding hydrogens is 368 g/mol. The lowest BCUT2D eigenvalue weighted by Crippen LogP contribution is -2.55. The summed E-state index contributed by atoms with van der Waals surface area (Å²) in [5, 5.41) is 2.97. The Kier molecular flexibility index (Phi) is 6.55. The van der Waals surface area contributed by atoms with Crippen molar-refractivity contribution in [3.63, 3.8) is 0 Å². The monoisotopic (exact) mass is 392 g/mol. The van der Waals surface area contributed by atoms with E-state index >= 15 is 0 Å². The van der Waals surface area contributed by atoms with Crippen molar-refractivity contribution in [2.24, 2.45) is 0 Å². The highest BCUT2D eigenvalue weighted by atomic mass is 35.5. The molecule has 0 spiro atoms. The molecule has 3 rings (SSSR count). The van der Waals surface area contributed by atoms with Crippen molar-refractivity contribution >= 4 is 29.4 Å². The molecule has 7 nitrogen and oxygen atoms in total. The second-order valence-electron chi connectivity index (χ2n) is 6.86. The predicted octanol–water partition coefficient (Wildman–Crippen LogP) is 1.82. The fraction of sp³-hybridized carbons (Fsp3) is 0.526. The van der Waals surface area contributed by atoms with E-state index in [1.54, 1.807) is 29.2 Å². The second-order valence-corrected chi connectivity index (χ2v) is 7.27. The number of carbonyl (C=O) groups is 3. The van der Waals surface area contributed by atoms with Crippen LogP contribution in [0.1, 0.15) is 29.6 Å². The number of piperidine rings is 1. The summed E-state index contributed by atoms with van der Waals surface area (Å²) in [5.74, 6) is -0.520. The summed E-state index contributed by atoms with van der Waals surface area (Å²) in [4.78, 5) is 42.4. The van der Waals surface area contributed by atoms with E-state index in [-0.39, 0.29) is 24.4 Å². The van der Waals surface area contributed by atoms with Gasteiger partial charge in [0.25, 0.3) is 5.91 Å². The van der Waals surface area contributed by atoms with Gasteiger partial charge in [0.15, 0.2) is 0 Å². The Hall–Kier alpha value is -2.28. The molecule has 4 amide bonds. The van der Waals surface area contributed by atoms with Crippen LogP contribution < -0.4 is 5.32 Å². The van der Waals surface area contributed by atoms with Gasteiger partial charge in [-0.25, -0.2) is 4.79 Å². The molecule has 0 bridgehead atoms. The molecular formula is C19H25ClN4O3. The second kappa shape index (κ2) is 9.08. The van der Waals surface area contributed by atoms with Gasteiger partial charge >= 0.3 is 6.03 Å². The van der Waals surface area contributed by atoms with Gasteiger partial charge in [-0.1, -0.05) is 23.7 Å². The van der Waals surface area contributed by atoms with Gasteiger partial charge < -0.3 is 20.0 Å². The summed E-state index contributed by atoms with van der Waals surface area (Å²) >= 11 is 6.00. The number of likely N-dealkylation sites (tertiary alicyclic amines) is 1. The number of hydrogen-bond acceptors (Lipinski definition) is 3. The molecule has 0 unspecified atom stereocenters. The first-order valence-electron chi connectivity index (χ1n) is 9.40. The topological polar surface area (TPSA) is 73.0 Å². The van der Waals surface area contributed by atoms with Crippen LogP contribution in [0.15, 0.2) is 24.3 Å². The molecule has 0 aliphatic carbocycles. The third-order valence-corrected chi connectivity index (χ3v) is 5.38. The average molecular weight is 393 g/mol. The van der Waals surface area contributed by atoms with Gasteiger partial charge in [-0.15, -0.1) is 0 Å². The molecule has 0 atom stereocenters. The van der Waals surface area contributed by atoms with Gasteiger partial charge in [0.2, 0.25) is 5.91 Å². The highest BCUT2D eigenvalue weighted by molar-refractivity contribution is 6.33. The third kappa shape index (κ3) is 4.91. The van der Waals surface area contributed by atoms with E-state index in [2.05, 4.69) is 5.32 Å². The molecule has 0 aromatic heterocycles. The molecule has 0 radical (unpaired) electrons. The minimum atomic E-state index is -0.368. The zero-order chi connectivity index (χ0) is 19.2. The van der Waals surface area contributed by atoms with Crippen molar-refractivity contribution < 1.29 is 14.4 Å². The molecule has 27 heavy (non-hydrogen) atoms. The van der Waals surface area contributed by atoms with Gasteiger partial charge in [-0.05, 0) is 31.4 Å². The van der Waals surface area contributed by atoms with E-state index in [0.717, 1.165) is 25.9 Å². The third-order valence-electron chi connectivity index (χ3n) is 5.05. The number of benzene rings is 1. The highest BCUT2D eigenvalue weighted by Gasteiger charge is 2.27. The molecule has 1 aromatic rings. The highest BCUT2D eigenvalue weighted by Crippen LogP contribution is 2.15. The fourth-order valence-corrected chi connectivity index (χ4v) is 3.66. The summed E-state index contributed by atoms with van der Waals surface area (Å²) in [6.07, 6.45) is 3.32. The zero-order valence-corrected chi connectivity index (χ0v) is 16.1. The molecule has 0 saturated carbocycles. The van der Waals surface area contributed by atoms with Gasteiger partial charge in [0, 0.05) is 39.3 Å². The van der Waals surface area contributed by atoms with Crippen molar-refractivity contribution in [1.82, 2.24) is 20.0 Å². The Morgan fingerprint density at radius 2 is 1.44 bits per heavy atom. The molecule has 2 saturated heterocycles. The van der Waals surface area contributed by atoms with Crippen LogP contribution in [0.4, 0.5) is 4.79 Å². The van der Waals surface area contributed by atoms with Crippen molar-refractivity contribution in [3.05, 3.63) is 34.9 Å². The van der Waals surface area contributed by atoms with Crippen LogP contribution in [0.3, 0.4) is 0 Å². The number of piperazine rings is 1. The minimum Gasteiger partial charge on any atom is -0.343 e. The first-order chi connectivity index (χ1) is 13.1. The van der Waals surface area contributed by atoms with Crippen LogP contribution in [0.5, 0.6) is 0 Å². The number of urea groups is 1. The largest absolute Gasteiger partial charge is 0.343 e. The molecule has 2 aliphatic heterocycles. The number of halogens is 1. The summed E-state index contributed by atoms with van der Waals surface area (Å²) in [6, 6.07) is 6.80. The van der Waals surface area contributed by atoms with Crippen molar-refractivity contribution in [2.45, 2.75) is 19.3 Å². The van der Waals surface area contributed by atoms with Crippen LogP contribution in [0.2, 0.25) is 5.02 Å². The van der Waals surface area contributed by atoms with Gasteiger partial charge in [0.1, 0.15) is 0 Å². The smallest absolute Gasteiger partial charge is 0.320 e. The summed E-state index contributed by atoms with van der Waals surface area (Å²) in [5.41, 5.74) is 0.351. The maximum Gasteiger partial charge on any atom is 0.320 e. The van der Waals surface area contributed by atoms with Crippen molar-refractivity contribution in [3.8, 4) is 0 Å². The minimum absolute atomic E-state index is 0.0776. The van der Waals surface area contributed by atoms with Gasteiger partial charge in [0.05, 0.1) is 17.1 Å². The number of rotatable bonds is 3. The fourth-order valence-electron chi connectivity index (χ4n) is 3.44. The normalized spacial score (nSPS) is 17.6. The molecule has 1 N–H and O–H groups in total. The van der Waals surface area contributed by atoms with Crippen LogP contribution in [0, 0.1) is 0 Å². The lowest BCUT2D eigenvalue weighted by Gasteiger charge is -2.38. The summed E-state index contributed by atoms with van der Waals surface area (Å²) < 4.78 is 0. The number of amides is 4. The number of carbonyl (C=O) groups excluding carboxylic acids is 3. The molecule has 2 heterocycles. The quantitative estimate of drug-likeness (QED) is 0.852. The number of hydrogen-bond donors (Lipinski definition) is 1. The maximum atomic E-state index is 12.5. The van der Waals surface area contributed by atoms with Crippen LogP contribution in [-0.4, -0.2) is 78.4 Å². The lowest BCUT2D eigenvalue weighted by atomic mass is 10.1. The molecule has 2 fully saturated rings. The van der Waals surface area contributed by atoms with E-state index in [1.807, 2.05) is 9.80 Å². The Bertz CT molecular complexity index is 698.